The monoisotopic (exact) mass is 628 g/mol. The van der Waals surface area contributed by atoms with Crippen molar-refractivity contribution in [3.63, 3.8) is 0 Å². The number of benzene rings is 2. The van der Waals surface area contributed by atoms with Crippen LogP contribution in [0.25, 0.3) is 17.0 Å². The first-order valence-electron chi connectivity index (χ1n) is 13.9. The molecular formula is C30H30F10O3. The summed E-state index contributed by atoms with van der Waals surface area (Å²) in [5, 5.41) is 0. The molecule has 0 N–H and O–H groups in total. The van der Waals surface area contributed by atoms with E-state index < -0.39 is 82.6 Å². The van der Waals surface area contributed by atoms with Gasteiger partial charge in [0.2, 0.25) is 0 Å². The van der Waals surface area contributed by atoms with Crippen LogP contribution in [0.3, 0.4) is 0 Å². The first kappa shape index (κ1) is 33.1. The number of alkyl halides is 5. The van der Waals surface area contributed by atoms with E-state index in [1.54, 1.807) is 0 Å². The molecule has 0 aliphatic heterocycles. The van der Waals surface area contributed by atoms with Crippen LogP contribution >= 0.6 is 0 Å². The molecule has 0 aromatic heterocycles. The topological polar surface area (TPSA) is 27.7 Å². The van der Waals surface area contributed by atoms with Crippen molar-refractivity contribution in [2.75, 3.05) is 6.61 Å². The summed E-state index contributed by atoms with van der Waals surface area (Å²) >= 11 is 0. The maximum absolute atomic E-state index is 14.9. The Morgan fingerprint density at radius 2 is 1.35 bits per heavy atom. The van der Waals surface area contributed by atoms with E-state index in [1.807, 2.05) is 0 Å². The van der Waals surface area contributed by atoms with Crippen LogP contribution in [-0.2, 0) is 9.47 Å². The zero-order chi connectivity index (χ0) is 31.5. The molecule has 43 heavy (non-hydrogen) atoms. The number of allylic oxidation sites excluding steroid dienone is 1. The van der Waals surface area contributed by atoms with E-state index in [1.165, 1.54) is 0 Å². The first-order valence-corrected chi connectivity index (χ1v) is 13.9. The van der Waals surface area contributed by atoms with Crippen molar-refractivity contribution in [2.24, 2.45) is 11.8 Å². The van der Waals surface area contributed by atoms with Gasteiger partial charge in [0.25, 0.3) is 0 Å². The van der Waals surface area contributed by atoms with Crippen molar-refractivity contribution >= 4 is 5.83 Å². The van der Waals surface area contributed by atoms with Gasteiger partial charge in [-0.1, -0.05) is 13.0 Å². The molecule has 0 amide bonds. The molecule has 2 aromatic rings. The lowest BCUT2D eigenvalue weighted by Crippen LogP contribution is -2.34. The fourth-order valence-electron chi connectivity index (χ4n) is 5.48. The standard InChI is InChI=1S/C30H30F10O3/c1-16-2-7-19(8-3-16)41-15-29(36,37)42-21-13-24(32)26(25(33)14-21)18-6-11-22(23(31)12-18)28(35)27(34)17-4-9-20(10-5-17)43-30(38,39)40/h6,11-14,16-17,19-20H,2-5,7-10,15H2,1H3/b28-27+. The van der Waals surface area contributed by atoms with Crippen molar-refractivity contribution < 1.29 is 58.1 Å². The minimum Gasteiger partial charge on any atom is -0.431 e. The summed E-state index contributed by atoms with van der Waals surface area (Å²) in [6.07, 6.45) is -8.17. The summed E-state index contributed by atoms with van der Waals surface area (Å²) in [5.74, 6) is -8.55. The molecule has 2 fully saturated rings. The van der Waals surface area contributed by atoms with Crippen LogP contribution < -0.4 is 4.74 Å². The summed E-state index contributed by atoms with van der Waals surface area (Å²) in [6, 6.07) is 3.18. The quantitative estimate of drug-likeness (QED) is 0.259. The van der Waals surface area contributed by atoms with Gasteiger partial charge in [0.1, 0.15) is 29.0 Å². The average molecular weight is 629 g/mol. The third-order valence-electron chi connectivity index (χ3n) is 7.77. The fraction of sp³-hybridized carbons (Fsp3) is 0.533. The van der Waals surface area contributed by atoms with Crippen LogP contribution in [0, 0.1) is 29.3 Å². The second-order valence-corrected chi connectivity index (χ2v) is 11.1. The van der Waals surface area contributed by atoms with Crippen LogP contribution in [0.2, 0.25) is 0 Å². The highest BCUT2D eigenvalue weighted by Gasteiger charge is 2.37. The van der Waals surface area contributed by atoms with Crippen LogP contribution in [-0.4, -0.2) is 31.3 Å². The third kappa shape index (κ3) is 8.87. The second-order valence-electron chi connectivity index (χ2n) is 11.1. The number of ether oxygens (including phenoxy) is 3. The van der Waals surface area contributed by atoms with Gasteiger partial charge in [-0.25, -0.2) is 22.0 Å². The van der Waals surface area contributed by atoms with Crippen LogP contribution in [0.1, 0.15) is 63.9 Å². The third-order valence-corrected chi connectivity index (χ3v) is 7.77. The Bertz CT molecular complexity index is 1270. The molecule has 3 nitrogen and oxygen atoms in total. The van der Waals surface area contributed by atoms with Crippen LogP contribution in [0.15, 0.2) is 36.2 Å². The Morgan fingerprint density at radius 1 is 0.767 bits per heavy atom. The summed E-state index contributed by atoms with van der Waals surface area (Å²) in [4.78, 5) is 0. The number of halogens is 10. The van der Waals surface area contributed by atoms with E-state index in [2.05, 4.69) is 16.4 Å². The molecule has 13 heteroatoms. The van der Waals surface area contributed by atoms with Crippen LogP contribution in [0.5, 0.6) is 5.75 Å². The average Bonchev–Trinajstić information content (AvgIpc) is 2.91. The molecular weight excluding hydrogens is 598 g/mol. The SMILES string of the molecule is CC1CCC(OCC(F)(F)Oc2cc(F)c(-c3ccc(/C(F)=C(\F)C4CCC(OC(F)(F)F)CC4)c(F)c3)c(F)c2)CC1. The highest BCUT2D eigenvalue weighted by atomic mass is 19.4. The maximum Gasteiger partial charge on any atom is 0.522 e. The van der Waals surface area contributed by atoms with E-state index in [-0.39, 0.29) is 31.8 Å². The summed E-state index contributed by atoms with van der Waals surface area (Å²) in [6.45, 7) is 0.930. The van der Waals surface area contributed by atoms with Gasteiger partial charge in [-0.15, -0.1) is 13.2 Å². The first-order chi connectivity index (χ1) is 20.1. The van der Waals surface area contributed by atoms with Gasteiger partial charge in [-0.2, -0.15) is 8.78 Å². The molecule has 2 aromatic carbocycles. The molecule has 4 rings (SSSR count). The molecule has 2 aliphatic rings. The van der Waals surface area contributed by atoms with Gasteiger partial charge >= 0.3 is 12.5 Å². The molecule has 0 unspecified atom stereocenters. The van der Waals surface area contributed by atoms with E-state index in [4.69, 9.17) is 4.74 Å². The van der Waals surface area contributed by atoms with Gasteiger partial charge in [-0.05, 0) is 75.0 Å². The number of hydrogen-bond donors (Lipinski definition) is 0. The predicted octanol–water partition coefficient (Wildman–Crippen LogP) is 10.0. The van der Waals surface area contributed by atoms with Crippen molar-refractivity contribution in [3.8, 4) is 16.9 Å². The number of hydrogen-bond acceptors (Lipinski definition) is 3. The molecule has 0 atom stereocenters. The van der Waals surface area contributed by atoms with E-state index >= 15 is 0 Å². The number of rotatable bonds is 9. The van der Waals surface area contributed by atoms with Crippen molar-refractivity contribution in [1.29, 1.82) is 0 Å². The molecule has 0 heterocycles. The molecule has 0 bridgehead atoms. The lowest BCUT2D eigenvalue weighted by Gasteiger charge is -2.28. The van der Waals surface area contributed by atoms with Gasteiger partial charge in [-0.3, -0.25) is 4.74 Å². The van der Waals surface area contributed by atoms with E-state index in [0.29, 0.717) is 37.0 Å². The molecule has 2 aliphatic carbocycles. The Hall–Kier alpha value is -2.80. The predicted molar refractivity (Wildman–Crippen MR) is 137 cm³/mol. The Kier molecular flexibility index (Phi) is 10.4. The minimum absolute atomic E-state index is 0.171. The molecule has 0 saturated heterocycles. The summed E-state index contributed by atoms with van der Waals surface area (Å²) < 4.78 is 154. The van der Waals surface area contributed by atoms with Crippen molar-refractivity contribution in [3.05, 3.63) is 59.2 Å². The lowest BCUT2D eigenvalue weighted by atomic mass is 9.85. The largest absolute Gasteiger partial charge is 0.522 e. The normalized spacial score (nSPS) is 24.1. The lowest BCUT2D eigenvalue weighted by molar-refractivity contribution is -0.345. The maximum atomic E-state index is 14.9. The van der Waals surface area contributed by atoms with E-state index in [0.717, 1.165) is 25.0 Å². The van der Waals surface area contributed by atoms with Gasteiger partial charge in [0.05, 0.1) is 17.8 Å². The van der Waals surface area contributed by atoms with Crippen LogP contribution in [0.4, 0.5) is 43.9 Å². The molecule has 2 saturated carbocycles. The molecule has 238 valence electrons. The highest BCUT2D eigenvalue weighted by molar-refractivity contribution is 5.70. The minimum atomic E-state index is -4.86. The summed E-state index contributed by atoms with van der Waals surface area (Å²) in [7, 11) is 0. The fourth-order valence-corrected chi connectivity index (χ4v) is 5.48. The Labute approximate surface area is 241 Å². The highest BCUT2D eigenvalue weighted by Crippen LogP contribution is 2.40. The van der Waals surface area contributed by atoms with Gasteiger partial charge in [0.15, 0.2) is 12.4 Å². The van der Waals surface area contributed by atoms with Gasteiger partial charge < -0.3 is 9.47 Å². The second kappa shape index (κ2) is 13.5. The molecule has 0 spiro atoms. The van der Waals surface area contributed by atoms with Gasteiger partial charge in [0, 0.05) is 23.6 Å². The smallest absolute Gasteiger partial charge is 0.431 e. The summed E-state index contributed by atoms with van der Waals surface area (Å²) in [5.41, 5.74) is -2.10. The van der Waals surface area contributed by atoms with E-state index in [9.17, 15) is 43.9 Å². The zero-order valence-corrected chi connectivity index (χ0v) is 23.1. The Balaban J connectivity index is 1.43. The van der Waals surface area contributed by atoms with Crippen molar-refractivity contribution in [2.45, 2.75) is 83.0 Å². The molecule has 0 radical (unpaired) electrons. The zero-order valence-electron chi connectivity index (χ0n) is 23.1. The Morgan fingerprint density at radius 3 is 1.91 bits per heavy atom. The van der Waals surface area contributed by atoms with Crippen molar-refractivity contribution in [1.82, 2.24) is 0 Å².